The van der Waals surface area contributed by atoms with Crippen LogP contribution in [0.3, 0.4) is 0 Å². The van der Waals surface area contributed by atoms with Gasteiger partial charge in [0.05, 0.1) is 12.2 Å². The maximum atomic E-state index is 11.8. The molecule has 1 aromatic heterocycles. The zero-order chi connectivity index (χ0) is 12.7. The summed E-state index contributed by atoms with van der Waals surface area (Å²) in [4.78, 5) is 11.8. The molecule has 3 heteroatoms. The van der Waals surface area contributed by atoms with E-state index in [1.54, 1.807) is 6.26 Å². The Morgan fingerprint density at radius 3 is 3.00 bits per heavy atom. The summed E-state index contributed by atoms with van der Waals surface area (Å²) in [5.74, 6) is 0.973. The second-order valence-corrected chi connectivity index (χ2v) is 5.42. The molecule has 2 atom stereocenters. The first-order valence-corrected chi connectivity index (χ1v) is 6.58. The van der Waals surface area contributed by atoms with Gasteiger partial charge >= 0.3 is 5.97 Å². The Hall–Kier alpha value is -1.51. The first-order chi connectivity index (χ1) is 8.65. The molecule has 3 rings (SSSR count). The fourth-order valence-corrected chi connectivity index (χ4v) is 2.98. The van der Waals surface area contributed by atoms with Crippen LogP contribution in [0.15, 0.2) is 22.3 Å². The van der Waals surface area contributed by atoms with Gasteiger partial charge < -0.3 is 9.15 Å². The number of carbonyl (C=O) groups is 1. The van der Waals surface area contributed by atoms with Gasteiger partial charge in [-0.25, -0.2) is 0 Å². The van der Waals surface area contributed by atoms with Crippen LogP contribution in [0.5, 0.6) is 0 Å². The fraction of sp³-hybridized carbons (Fsp3) is 0.533. The van der Waals surface area contributed by atoms with Crippen molar-refractivity contribution >= 4 is 5.97 Å². The monoisotopic (exact) mass is 246 g/mol. The van der Waals surface area contributed by atoms with Crippen LogP contribution < -0.4 is 0 Å². The summed E-state index contributed by atoms with van der Waals surface area (Å²) in [6.45, 7) is 4.14. The van der Waals surface area contributed by atoms with Crippen LogP contribution >= 0.6 is 0 Å². The zero-order valence-corrected chi connectivity index (χ0v) is 10.9. The van der Waals surface area contributed by atoms with Crippen molar-refractivity contribution < 1.29 is 13.9 Å². The topological polar surface area (TPSA) is 39.4 Å². The summed E-state index contributed by atoms with van der Waals surface area (Å²) in [6, 6.07) is 0. The van der Waals surface area contributed by atoms with Gasteiger partial charge in [-0.15, -0.1) is 0 Å². The third-order valence-corrected chi connectivity index (χ3v) is 3.96. The van der Waals surface area contributed by atoms with Crippen molar-refractivity contribution in [2.45, 2.75) is 45.6 Å². The maximum Gasteiger partial charge on any atom is 0.309 e. The largest absolute Gasteiger partial charge is 0.468 e. The van der Waals surface area contributed by atoms with Crippen molar-refractivity contribution in [3.63, 3.8) is 0 Å². The number of esters is 1. The predicted octanol–water partition coefficient (Wildman–Crippen LogP) is 3.47. The summed E-state index contributed by atoms with van der Waals surface area (Å²) >= 11 is 0. The average molecular weight is 246 g/mol. The van der Waals surface area contributed by atoms with E-state index in [4.69, 9.17) is 9.15 Å². The van der Waals surface area contributed by atoms with Gasteiger partial charge in [-0.05, 0) is 32.3 Å². The summed E-state index contributed by atoms with van der Waals surface area (Å²) in [5, 5.41) is 0. The Bertz CT molecular complexity index is 510. The van der Waals surface area contributed by atoms with Gasteiger partial charge in [0, 0.05) is 18.4 Å². The minimum Gasteiger partial charge on any atom is -0.468 e. The van der Waals surface area contributed by atoms with Crippen molar-refractivity contribution in [2.24, 2.45) is 5.92 Å². The minimum atomic E-state index is -0.0952. The highest BCUT2D eigenvalue weighted by atomic mass is 16.6. The lowest BCUT2D eigenvalue weighted by atomic mass is 9.91. The molecule has 2 unspecified atom stereocenters. The second kappa shape index (κ2) is 4.30. The van der Waals surface area contributed by atoms with Crippen LogP contribution in [0.1, 0.15) is 49.2 Å². The quantitative estimate of drug-likeness (QED) is 0.519. The number of aryl methyl sites for hydroxylation is 1. The van der Waals surface area contributed by atoms with Crippen LogP contribution in [0.4, 0.5) is 0 Å². The molecule has 3 nitrogen and oxygen atoms in total. The molecule has 1 saturated heterocycles. The Balaban J connectivity index is 2.04. The van der Waals surface area contributed by atoms with E-state index in [1.807, 2.05) is 6.92 Å². The molecule has 2 bridgehead atoms. The van der Waals surface area contributed by atoms with Gasteiger partial charge in [0.25, 0.3) is 0 Å². The molecule has 96 valence electrons. The molecular formula is C15H18O3. The fourth-order valence-electron chi connectivity index (χ4n) is 2.98. The standard InChI is InChI=1S/C15H18O3/c1-9-4-3-5-11-7-13(18-15(11)16)14-10(2)8-17-12(14)6-9/h4,8,11,13H,3,5-7H2,1-2H3/b9-4+. The summed E-state index contributed by atoms with van der Waals surface area (Å²) in [7, 11) is 0. The Morgan fingerprint density at radius 1 is 1.33 bits per heavy atom. The van der Waals surface area contributed by atoms with Crippen LogP contribution in [0, 0.1) is 12.8 Å². The molecule has 18 heavy (non-hydrogen) atoms. The lowest BCUT2D eigenvalue weighted by molar-refractivity contribution is -0.144. The van der Waals surface area contributed by atoms with E-state index in [1.165, 1.54) is 5.57 Å². The summed E-state index contributed by atoms with van der Waals surface area (Å²) < 4.78 is 11.2. The van der Waals surface area contributed by atoms with Gasteiger partial charge in [0.1, 0.15) is 11.9 Å². The summed E-state index contributed by atoms with van der Waals surface area (Å²) in [5.41, 5.74) is 3.50. The van der Waals surface area contributed by atoms with E-state index in [0.29, 0.717) is 0 Å². The van der Waals surface area contributed by atoms with Gasteiger partial charge in [-0.1, -0.05) is 11.6 Å². The van der Waals surface area contributed by atoms with Crippen molar-refractivity contribution in [1.29, 1.82) is 0 Å². The number of carbonyl (C=O) groups excluding carboxylic acids is 1. The lowest BCUT2D eigenvalue weighted by Gasteiger charge is -2.12. The van der Waals surface area contributed by atoms with Gasteiger partial charge in [-0.2, -0.15) is 0 Å². The molecule has 0 spiro atoms. The van der Waals surface area contributed by atoms with Crippen LogP contribution in [0.25, 0.3) is 0 Å². The van der Waals surface area contributed by atoms with E-state index >= 15 is 0 Å². The Kier molecular flexibility index (Phi) is 2.77. The first kappa shape index (κ1) is 11.6. The van der Waals surface area contributed by atoms with E-state index in [0.717, 1.165) is 42.6 Å². The third-order valence-electron chi connectivity index (χ3n) is 3.96. The SMILES string of the molecule is C/C1=C\CCC2CC(OC2=O)c2c(C)coc2C1. The van der Waals surface area contributed by atoms with Crippen LogP contribution in [-0.4, -0.2) is 5.97 Å². The molecular weight excluding hydrogens is 228 g/mol. The van der Waals surface area contributed by atoms with Crippen molar-refractivity contribution in [1.82, 2.24) is 0 Å². The van der Waals surface area contributed by atoms with Gasteiger partial charge in [0.2, 0.25) is 0 Å². The molecule has 1 aliphatic carbocycles. The predicted molar refractivity (Wildman–Crippen MR) is 67.1 cm³/mol. The number of hydrogen-bond acceptors (Lipinski definition) is 3. The van der Waals surface area contributed by atoms with Crippen molar-refractivity contribution in [2.75, 3.05) is 0 Å². The molecule has 1 fully saturated rings. The molecule has 2 aliphatic rings. The zero-order valence-electron chi connectivity index (χ0n) is 10.9. The van der Waals surface area contributed by atoms with Crippen LogP contribution in [0.2, 0.25) is 0 Å². The molecule has 2 heterocycles. The Morgan fingerprint density at radius 2 is 2.17 bits per heavy atom. The van der Waals surface area contributed by atoms with E-state index in [-0.39, 0.29) is 18.0 Å². The molecule has 0 saturated carbocycles. The van der Waals surface area contributed by atoms with E-state index < -0.39 is 0 Å². The van der Waals surface area contributed by atoms with Gasteiger partial charge in [-0.3, -0.25) is 4.79 Å². The number of allylic oxidation sites excluding steroid dienone is 2. The highest BCUT2D eigenvalue weighted by molar-refractivity contribution is 5.75. The number of rotatable bonds is 0. The maximum absolute atomic E-state index is 11.8. The van der Waals surface area contributed by atoms with Crippen LogP contribution in [-0.2, 0) is 16.0 Å². The van der Waals surface area contributed by atoms with E-state index in [9.17, 15) is 4.79 Å². The highest BCUT2D eigenvalue weighted by Gasteiger charge is 2.37. The van der Waals surface area contributed by atoms with Gasteiger partial charge in [0.15, 0.2) is 0 Å². The number of ether oxygens (including phenoxy) is 1. The number of fused-ring (bicyclic) bond motifs is 4. The molecule has 0 aromatic carbocycles. The minimum absolute atomic E-state index is 0.0421. The normalized spacial score (nSPS) is 30.3. The molecule has 0 N–H and O–H groups in total. The molecule has 0 amide bonds. The van der Waals surface area contributed by atoms with Crippen molar-refractivity contribution in [3.05, 3.63) is 34.8 Å². The molecule has 1 aromatic rings. The second-order valence-electron chi connectivity index (χ2n) is 5.42. The average Bonchev–Trinajstić information content (AvgIpc) is 2.83. The summed E-state index contributed by atoms with van der Waals surface area (Å²) in [6.07, 6.45) is 7.37. The highest BCUT2D eigenvalue weighted by Crippen LogP contribution is 2.40. The first-order valence-electron chi connectivity index (χ1n) is 6.58. The molecule has 1 aliphatic heterocycles. The number of furan rings is 1. The lowest BCUT2D eigenvalue weighted by Crippen LogP contribution is -2.06. The molecule has 0 radical (unpaired) electrons. The van der Waals surface area contributed by atoms with E-state index in [2.05, 4.69) is 13.0 Å². The smallest absolute Gasteiger partial charge is 0.309 e. The Labute approximate surface area is 107 Å². The van der Waals surface area contributed by atoms with Crippen molar-refractivity contribution in [3.8, 4) is 0 Å². The third kappa shape index (κ3) is 1.88. The number of hydrogen-bond donors (Lipinski definition) is 0.